The lowest BCUT2D eigenvalue weighted by Crippen LogP contribution is -2.27. The van der Waals surface area contributed by atoms with Gasteiger partial charge in [-0.25, -0.2) is 0 Å². The van der Waals surface area contributed by atoms with Gasteiger partial charge in [-0.3, -0.25) is 9.59 Å². The van der Waals surface area contributed by atoms with Crippen molar-refractivity contribution in [3.05, 3.63) is 34.3 Å². The van der Waals surface area contributed by atoms with Gasteiger partial charge in [-0.1, -0.05) is 39.8 Å². The fourth-order valence-corrected chi connectivity index (χ4v) is 3.51. The van der Waals surface area contributed by atoms with E-state index in [9.17, 15) is 9.59 Å². The number of likely N-dealkylation sites (tertiary alicyclic amines) is 1. The Balaban J connectivity index is 1.81. The quantitative estimate of drug-likeness (QED) is 0.814. The van der Waals surface area contributed by atoms with Gasteiger partial charge >= 0.3 is 0 Å². The van der Waals surface area contributed by atoms with Crippen LogP contribution in [0.15, 0.2) is 28.7 Å². The summed E-state index contributed by atoms with van der Waals surface area (Å²) in [6, 6.07) is 8.18. The summed E-state index contributed by atoms with van der Waals surface area (Å²) in [6.45, 7) is 3.12. The molecule has 0 aliphatic carbocycles. The van der Waals surface area contributed by atoms with Crippen LogP contribution < -0.4 is 0 Å². The standard InChI is InChI=1S/C15H18BrNO2S/c1-11(18)20-10-13-8-15(19)17(9-13)6-5-12-3-2-4-14(16)7-12/h2-4,7,13H,5-6,8-10H2,1H3. The lowest BCUT2D eigenvalue weighted by Gasteiger charge is -2.16. The Morgan fingerprint density at radius 1 is 1.50 bits per heavy atom. The first-order valence-electron chi connectivity index (χ1n) is 6.70. The molecule has 1 unspecified atom stereocenters. The molecule has 0 saturated carbocycles. The Kier molecular flexibility index (Phi) is 5.66. The molecule has 0 aromatic heterocycles. The number of hydrogen-bond donors (Lipinski definition) is 0. The first kappa shape index (κ1) is 15.6. The molecule has 1 fully saturated rings. The first-order valence-corrected chi connectivity index (χ1v) is 8.48. The molecular weight excluding hydrogens is 338 g/mol. The van der Waals surface area contributed by atoms with Crippen LogP contribution in [0.4, 0.5) is 0 Å². The summed E-state index contributed by atoms with van der Waals surface area (Å²) in [6.07, 6.45) is 1.45. The summed E-state index contributed by atoms with van der Waals surface area (Å²) in [5, 5.41) is 0.130. The number of halogens is 1. The summed E-state index contributed by atoms with van der Waals surface area (Å²) in [4.78, 5) is 24.8. The van der Waals surface area contributed by atoms with Gasteiger partial charge in [-0.15, -0.1) is 0 Å². The van der Waals surface area contributed by atoms with E-state index in [2.05, 4.69) is 28.1 Å². The summed E-state index contributed by atoms with van der Waals surface area (Å²) in [5.74, 6) is 1.29. The van der Waals surface area contributed by atoms with Crippen molar-refractivity contribution in [2.24, 2.45) is 5.92 Å². The van der Waals surface area contributed by atoms with Crippen molar-refractivity contribution in [3.63, 3.8) is 0 Å². The highest BCUT2D eigenvalue weighted by atomic mass is 79.9. The second-order valence-electron chi connectivity index (χ2n) is 5.09. The number of hydrogen-bond acceptors (Lipinski definition) is 3. The molecule has 0 radical (unpaired) electrons. The minimum absolute atomic E-state index is 0.130. The Labute approximate surface area is 132 Å². The maximum Gasteiger partial charge on any atom is 0.222 e. The van der Waals surface area contributed by atoms with Crippen molar-refractivity contribution in [3.8, 4) is 0 Å². The number of amides is 1. The zero-order chi connectivity index (χ0) is 14.5. The first-order chi connectivity index (χ1) is 9.54. The third kappa shape index (κ3) is 4.63. The average molecular weight is 356 g/mol. The zero-order valence-corrected chi connectivity index (χ0v) is 13.9. The van der Waals surface area contributed by atoms with Crippen molar-refractivity contribution < 1.29 is 9.59 Å². The van der Waals surface area contributed by atoms with E-state index in [-0.39, 0.29) is 11.0 Å². The molecule has 3 nitrogen and oxygen atoms in total. The molecule has 1 heterocycles. The molecule has 1 saturated heterocycles. The topological polar surface area (TPSA) is 37.4 Å². The van der Waals surface area contributed by atoms with Crippen LogP contribution in [0.5, 0.6) is 0 Å². The molecular formula is C15H18BrNO2S. The van der Waals surface area contributed by atoms with Crippen molar-refractivity contribution in [1.29, 1.82) is 0 Å². The third-order valence-electron chi connectivity index (χ3n) is 3.38. The number of carbonyl (C=O) groups is 2. The normalized spacial score (nSPS) is 18.6. The fourth-order valence-electron chi connectivity index (χ4n) is 2.37. The fraction of sp³-hybridized carbons (Fsp3) is 0.467. The van der Waals surface area contributed by atoms with Crippen molar-refractivity contribution in [2.45, 2.75) is 19.8 Å². The predicted octanol–water partition coefficient (Wildman–Crippen LogP) is 3.12. The number of thioether (sulfide) groups is 1. The lowest BCUT2D eigenvalue weighted by molar-refractivity contribution is -0.127. The van der Waals surface area contributed by atoms with Gasteiger partial charge in [0.05, 0.1) is 0 Å². The van der Waals surface area contributed by atoms with Crippen LogP contribution in [-0.2, 0) is 16.0 Å². The smallest absolute Gasteiger partial charge is 0.222 e. The second-order valence-corrected chi connectivity index (χ2v) is 7.21. The van der Waals surface area contributed by atoms with Gasteiger partial charge in [-0.05, 0) is 30.0 Å². The summed E-state index contributed by atoms with van der Waals surface area (Å²) >= 11 is 4.78. The van der Waals surface area contributed by atoms with E-state index >= 15 is 0 Å². The summed E-state index contributed by atoms with van der Waals surface area (Å²) in [7, 11) is 0. The van der Waals surface area contributed by atoms with Gasteiger partial charge in [-0.2, -0.15) is 0 Å². The molecule has 2 rings (SSSR count). The second kappa shape index (κ2) is 7.27. The summed E-state index contributed by atoms with van der Waals surface area (Å²) < 4.78 is 1.07. The molecule has 1 amide bonds. The highest BCUT2D eigenvalue weighted by Crippen LogP contribution is 2.22. The Morgan fingerprint density at radius 2 is 2.30 bits per heavy atom. The highest BCUT2D eigenvalue weighted by Gasteiger charge is 2.29. The average Bonchev–Trinajstić information content (AvgIpc) is 2.75. The Morgan fingerprint density at radius 3 is 3.00 bits per heavy atom. The molecule has 1 aliphatic rings. The molecule has 1 aliphatic heterocycles. The monoisotopic (exact) mass is 355 g/mol. The molecule has 0 spiro atoms. The van der Waals surface area contributed by atoms with Gasteiger partial charge < -0.3 is 4.90 Å². The van der Waals surface area contributed by atoms with Gasteiger partial charge in [0.1, 0.15) is 0 Å². The maximum absolute atomic E-state index is 11.9. The third-order valence-corrected chi connectivity index (χ3v) is 4.91. The van der Waals surface area contributed by atoms with E-state index in [1.54, 1.807) is 6.92 Å². The predicted molar refractivity (Wildman–Crippen MR) is 85.7 cm³/mol. The Hall–Kier alpha value is -0.810. The number of rotatable bonds is 5. The van der Waals surface area contributed by atoms with Crippen LogP contribution in [0.1, 0.15) is 18.9 Å². The molecule has 1 aromatic rings. The maximum atomic E-state index is 11.9. The molecule has 0 bridgehead atoms. The molecule has 5 heteroatoms. The number of benzene rings is 1. The molecule has 20 heavy (non-hydrogen) atoms. The van der Waals surface area contributed by atoms with Crippen LogP contribution in [-0.4, -0.2) is 34.8 Å². The summed E-state index contributed by atoms with van der Waals surface area (Å²) in [5.41, 5.74) is 1.23. The molecule has 0 N–H and O–H groups in total. The minimum Gasteiger partial charge on any atom is -0.342 e. The molecule has 1 atom stereocenters. The van der Waals surface area contributed by atoms with E-state index in [4.69, 9.17) is 0 Å². The van der Waals surface area contributed by atoms with Crippen LogP contribution in [0.25, 0.3) is 0 Å². The largest absolute Gasteiger partial charge is 0.342 e. The molecule has 1 aromatic carbocycles. The highest BCUT2D eigenvalue weighted by molar-refractivity contribution is 9.10. The Bertz CT molecular complexity index is 506. The van der Waals surface area contributed by atoms with E-state index in [1.807, 2.05) is 17.0 Å². The number of carbonyl (C=O) groups excluding carboxylic acids is 2. The number of nitrogens with zero attached hydrogens (tertiary/aromatic N) is 1. The van der Waals surface area contributed by atoms with E-state index in [0.717, 1.165) is 29.7 Å². The minimum atomic E-state index is 0.130. The van der Waals surface area contributed by atoms with Crippen molar-refractivity contribution in [2.75, 3.05) is 18.8 Å². The van der Waals surface area contributed by atoms with Gasteiger partial charge in [0.2, 0.25) is 5.91 Å². The molecule has 108 valence electrons. The van der Waals surface area contributed by atoms with E-state index in [0.29, 0.717) is 12.3 Å². The van der Waals surface area contributed by atoms with Crippen molar-refractivity contribution in [1.82, 2.24) is 4.90 Å². The van der Waals surface area contributed by atoms with Crippen LogP contribution in [0.2, 0.25) is 0 Å². The van der Waals surface area contributed by atoms with Crippen LogP contribution in [0, 0.1) is 5.92 Å². The van der Waals surface area contributed by atoms with E-state index < -0.39 is 0 Å². The van der Waals surface area contributed by atoms with Gasteiger partial charge in [0, 0.05) is 36.7 Å². The van der Waals surface area contributed by atoms with Crippen LogP contribution in [0.3, 0.4) is 0 Å². The van der Waals surface area contributed by atoms with Crippen molar-refractivity contribution >= 4 is 38.7 Å². The van der Waals surface area contributed by atoms with Crippen LogP contribution >= 0.6 is 27.7 Å². The van der Waals surface area contributed by atoms with Gasteiger partial charge in [0.15, 0.2) is 5.12 Å². The van der Waals surface area contributed by atoms with E-state index in [1.165, 1.54) is 17.3 Å². The zero-order valence-electron chi connectivity index (χ0n) is 11.5. The van der Waals surface area contributed by atoms with Gasteiger partial charge in [0.25, 0.3) is 0 Å². The SMILES string of the molecule is CC(=O)SCC1CC(=O)N(CCc2cccc(Br)c2)C1. The lowest BCUT2D eigenvalue weighted by atomic mass is 10.1.